The number of amides is 2. The summed E-state index contributed by atoms with van der Waals surface area (Å²) in [5.41, 5.74) is 1.13. The third-order valence-corrected chi connectivity index (χ3v) is 5.48. The molecule has 0 saturated carbocycles. The Morgan fingerprint density at radius 2 is 2.14 bits per heavy atom. The molecule has 5 heteroatoms. The number of hydrogen-bond acceptors (Lipinski definition) is 3. The SMILES string of the molecule is CCC1C(=O)N2CCCCC2C(=O)N1C(C)c1ccsc1. The van der Waals surface area contributed by atoms with E-state index in [0.717, 1.165) is 31.4 Å². The predicted octanol–water partition coefficient (Wildman–Crippen LogP) is 2.81. The molecule has 2 amide bonds. The minimum Gasteiger partial charge on any atom is -0.329 e. The normalized spacial score (nSPS) is 27.7. The van der Waals surface area contributed by atoms with Gasteiger partial charge in [0.2, 0.25) is 11.8 Å². The lowest BCUT2D eigenvalue weighted by atomic mass is 9.92. The van der Waals surface area contributed by atoms with Gasteiger partial charge in [0, 0.05) is 6.54 Å². The van der Waals surface area contributed by atoms with Gasteiger partial charge in [-0.25, -0.2) is 0 Å². The van der Waals surface area contributed by atoms with E-state index in [0.29, 0.717) is 6.42 Å². The summed E-state index contributed by atoms with van der Waals surface area (Å²) in [5, 5.41) is 4.10. The fraction of sp³-hybridized carbons (Fsp3) is 0.625. The molecule has 3 heterocycles. The Kier molecular flexibility index (Phi) is 4.02. The van der Waals surface area contributed by atoms with Crippen LogP contribution < -0.4 is 0 Å². The highest BCUT2D eigenvalue weighted by atomic mass is 32.1. The van der Waals surface area contributed by atoms with Gasteiger partial charge in [0.1, 0.15) is 12.1 Å². The van der Waals surface area contributed by atoms with Crippen LogP contribution in [0.2, 0.25) is 0 Å². The Labute approximate surface area is 129 Å². The second kappa shape index (κ2) is 5.79. The number of hydrogen-bond donors (Lipinski definition) is 0. The van der Waals surface area contributed by atoms with E-state index in [1.807, 2.05) is 35.1 Å². The van der Waals surface area contributed by atoms with Crippen LogP contribution in [-0.2, 0) is 9.59 Å². The molecular formula is C16H22N2O2S. The third kappa shape index (κ3) is 2.37. The number of carbonyl (C=O) groups is 2. The Bertz CT molecular complexity index is 528. The van der Waals surface area contributed by atoms with Gasteiger partial charge in [0.15, 0.2) is 0 Å². The quantitative estimate of drug-likeness (QED) is 0.861. The molecule has 0 N–H and O–H groups in total. The molecule has 114 valence electrons. The summed E-state index contributed by atoms with van der Waals surface area (Å²) < 4.78 is 0. The highest BCUT2D eigenvalue weighted by Crippen LogP contribution is 2.34. The van der Waals surface area contributed by atoms with Crippen molar-refractivity contribution in [2.45, 2.75) is 57.7 Å². The van der Waals surface area contributed by atoms with Gasteiger partial charge in [0.25, 0.3) is 0 Å². The van der Waals surface area contributed by atoms with E-state index in [2.05, 4.69) is 5.38 Å². The third-order valence-electron chi connectivity index (χ3n) is 4.78. The van der Waals surface area contributed by atoms with E-state index >= 15 is 0 Å². The van der Waals surface area contributed by atoms with Crippen LogP contribution in [-0.4, -0.2) is 40.2 Å². The maximum atomic E-state index is 12.9. The fourth-order valence-corrected chi connectivity index (χ4v) is 4.34. The zero-order chi connectivity index (χ0) is 15.0. The average molecular weight is 306 g/mol. The van der Waals surface area contributed by atoms with Crippen molar-refractivity contribution in [2.75, 3.05) is 6.54 Å². The molecule has 3 atom stereocenters. The molecule has 3 rings (SSSR count). The van der Waals surface area contributed by atoms with Crippen LogP contribution in [0.5, 0.6) is 0 Å². The molecule has 0 aliphatic carbocycles. The fourth-order valence-electron chi connectivity index (χ4n) is 3.59. The maximum absolute atomic E-state index is 12.9. The van der Waals surface area contributed by atoms with E-state index in [1.165, 1.54) is 0 Å². The van der Waals surface area contributed by atoms with Gasteiger partial charge >= 0.3 is 0 Å². The number of piperidine rings is 1. The molecule has 2 saturated heterocycles. The minimum atomic E-state index is -0.304. The summed E-state index contributed by atoms with van der Waals surface area (Å²) in [7, 11) is 0. The van der Waals surface area contributed by atoms with E-state index in [-0.39, 0.29) is 29.9 Å². The minimum absolute atomic E-state index is 0.0262. The summed E-state index contributed by atoms with van der Waals surface area (Å²) in [5.74, 6) is 0.281. The second-order valence-corrected chi connectivity index (χ2v) is 6.73. The summed E-state index contributed by atoms with van der Waals surface area (Å²) in [6.07, 6.45) is 3.56. The Morgan fingerprint density at radius 3 is 2.81 bits per heavy atom. The first kappa shape index (κ1) is 14.6. The van der Waals surface area contributed by atoms with Gasteiger partial charge in [-0.15, -0.1) is 0 Å². The van der Waals surface area contributed by atoms with Crippen LogP contribution in [0.15, 0.2) is 16.8 Å². The zero-order valence-electron chi connectivity index (χ0n) is 12.6. The topological polar surface area (TPSA) is 40.6 Å². The van der Waals surface area contributed by atoms with Crippen molar-refractivity contribution >= 4 is 23.2 Å². The van der Waals surface area contributed by atoms with Crippen molar-refractivity contribution in [3.8, 4) is 0 Å². The number of rotatable bonds is 3. The highest BCUT2D eigenvalue weighted by molar-refractivity contribution is 7.07. The van der Waals surface area contributed by atoms with Crippen LogP contribution in [0.1, 0.15) is 51.1 Å². The molecule has 4 nitrogen and oxygen atoms in total. The Balaban J connectivity index is 1.93. The van der Waals surface area contributed by atoms with E-state index in [1.54, 1.807) is 11.3 Å². The molecule has 2 fully saturated rings. The largest absolute Gasteiger partial charge is 0.329 e. The van der Waals surface area contributed by atoms with E-state index < -0.39 is 0 Å². The van der Waals surface area contributed by atoms with Crippen molar-refractivity contribution in [3.63, 3.8) is 0 Å². The standard InChI is InChI=1S/C16H22N2O2S/c1-3-13-15(19)17-8-5-4-6-14(17)16(20)18(13)11(2)12-7-9-21-10-12/h7,9-11,13-14H,3-6,8H2,1-2H3. The molecule has 1 aromatic heterocycles. The molecule has 0 spiro atoms. The maximum Gasteiger partial charge on any atom is 0.246 e. The monoisotopic (exact) mass is 306 g/mol. The van der Waals surface area contributed by atoms with Crippen LogP contribution in [0, 0.1) is 0 Å². The van der Waals surface area contributed by atoms with Crippen molar-refractivity contribution in [1.29, 1.82) is 0 Å². The van der Waals surface area contributed by atoms with Gasteiger partial charge in [-0.05, 0) is 55.0 Å². The van der Waals surface area contributed by atoms with Gasteiger partial charge < -0.3 is 9.80 Å². The summed E-state index contributed by atoms with van der Waals surface area (Å²) >= 11 is 1.63. The number of thiophene rings is 1. The number of fused-ring (bicyclic) bond motifs is 1. The first-order valence-corrected chi connectivity index (χ1v) is 8.74. The highest BCUT2D eigenvalue weighted by Gasteiger charge is 2.47. The van der Waals surface area contributed by atoms with Gasteiger partial charge in [-0.1, -0.05) is 6.92 Å². The van der Waals surface area contributed by atoms with Crippen molar-refractivity contribution in [3.05, 3.63) is 22.4 Å². The van der Waals surface area contributed by atoms with Crippen LogP contribution in [0.3, 0.4) is 0 Å². The number of carbonyl (C=O) groups excluding carboxylic acids is 2. The van der Waals surface area contributed by atoms with Gasteiger partial charge in [-0.3, -0.25) is 9.59 Å². The van der Waals surface area contributed by atoms with Crippen LogP contribution in [0.4, 0.5) is 0 Å². The van der Waals surface area contributed by atoms with Crippen molar-refractivity contribution in [1.82, 2.24) is 9.80 Å². The average Bonchev–Trinajstić information content (AvgIpc) is 3.04. The van der Waals surface area contributed by atoms with Crippen molar-refractivity contribution in [2.24, 2.45) is 0 Å². The predicted molar refractivity (Wildman–Crippen MR) is 83.0 cm³/mol. The summed E-state index contributed by atoms with van der Waals surface area (Å²) in [6.45, 7) is 4.77. The van der Waals surface area contributed by atoms with E-state index in [4.69, 9.17) is 0 Å². The molecular weight excluding hydrogens is 284 g/mol. The number of piperazine rings is 1. The zero-order valence-corrected chi connectivity index (χ0v) is 13.4. The first-order valence-electron chi connectivity index (χ1n) is 7.80. The lowest BCUT2D eigenvalue weighted by Gasteiger charge is -2.48. The summed E-state index contributed by atoms with van der Waals surface area (Å²) in [6, 6.07) is 1.49. The Hall–Kier alpha value is -1.36. The molecule has 2 aliphatic heterocycles. The second-order valence-electron chi connectivity index (χ2n) is 5.95. The molecule has 3 unspecified atom stereocenters. The number of nitrogens with zero attached hydrogens (tertiary/aromatic N) is 2. The summed E-state index contributed by atoms with van der Waals surface area (Å²) in [4.78, 5) is 29.4. The van der Waals surface area contributed by atoms with Gasteiger partial charge in [-0.2, -0.15) is 11.3 Å². The smallest absolute Gasteiger partial charge is 0.246 e. The molecule has 1 aromatic rings. The molecule has 0 bridgehead atoms. The van der Waals surface area contributed by atoms with Gasteiger partial charge in [0.05, 0.1) is 6.04 Å². The van der Waals surface area contributed by atoms with Crippen molar-refractivity contribution < 1.29 is 9.59 Å². The van der Waals surface area contributed by atoms with Crippen LogP contribution >= 0.6 is 11.3 Å². The lowest BCUT2D eigenvalue weighted by Crippen LogP contribution is -2.65. The Morgan fingerprint density at radius 1 is 1.33 bits per heavy atom. The first-order chi connectivity index (χ1) is 10.1. The molecule has 2 aliphatic rings. The molecule has 0 aromatic carbocycles. The van der Waals surface area contributed by atoms with Crippen LogP contribution in [0.25, 0.3) is 0 Å². The lowest BCUT2D eigenvalue weighted by molar-refractivity contribution is -0.166. The van der Waals surface area contributed by atoms with E-state index in [9.17, 15) is 9.59 Å². The molecule has 0 radical (unpaired) electrons. The molecule has 21 heavy (non-hydrogen) atoms.